The summed E-state index contributed by atoms with van der Waals surface area (Å²) in [5.41, 5.74) is 0.830. The molecule has 10 heteroatoms. The topological polar surface area (TPSA) is 86.6 Å². The number of pyridine rings is 1. The molecule has 0 aliphatic carbocycles. The van der Waals surface area contributed by atoms with Crippen molar-refractivity contribution in [2.75, 3.05) is 38.2 Å². The maximum atomic E-state index is 15.8. The highest BCUT2D eigenvalue weighted by atomic mass is 35.5. The summed E-state index contributed by atoms with van der Waals surface area (Å²) < 4.78 is 22.0. The molecular weight excluding hydrogens is 507 g/mol. The fraction of sp³-hybridized carbons (Fsp3) is 0.393. The van der Waals surface area contributed by atoms with Gasteiger partial charge in [-0.3, -0.25) is 0 Å². The zero-order valence-electron chi connectivity index (χ0n) is 21.0. The Bertz CT molecular complexity index is 1550. The Morgan fingerprint density at radius 2 is 2.00 bits per heavy atom. The number of nitrogens with one attached hydrogen (secondary N) is 1. The number of hydrogen-bond acceptors (Lipinski definition) is 8. The second-order valence-electron chi connectivity index (χ2n) is 10.5. The maximum absolute atomic E-state index is 15.8. The Morgan fingerprint density at radius 1 is 1.16 bits per heavy atom. The second-order valence-corrected chi connectivity index (χ2v) is 11.0. The van der Waals surface area contributed by atoms with E-state index in [-0.39, 0.29) is 29.5 Å². The summed E-state index contributed by atoms with van der Waals surface area (Å²) in [7, 11) is 2.10. The number of aromatic hydroxyl groups is 1. The molecule has 2 N–H and O–H groups in total. The molecule has 38 heavy (non-hydrogen) atoms. The number of likely N-dealkylation sites (tertiary alicyclic amines) is 1. The van der Waals surface area contributed by atoms with E-state index >= 15 is 4.39 Å². The van der Waals surface area contributed by atoms with E-state index in [1.807, 2.05) is 6.07 Å². The largest absolute Gasteiger partial charge is 0.508 e. The first-order valence-electron chi connectivity index (χ1n) is 13.1. The Kier molecular flexibility index (Phi) is 5.76. The molecule has 0 amide bonds. The molecule has 3 aliphatic heterocycles. The molecule has 3 atom stereocenters. The molecule has 2 aromatic carbocycles. The smallest absolute Gasteiger partial charge is 0.320 e. The summed E-state index contributed by atoms with van der Waals surface area (Å²) in [6, 6.07) is 11.0. The number of fused-ring (bicyclic) bond motifs is 4. The van der Waals surface area contributed by atoms with Crippen molar-refractivity contribution < 1.29 is 14.2 Å². The number of phenolic OH excluding ortho intramolecular Hbond substituents is 1. The van der Waals surface area contributed by atoms with E-state index in [2.05, 4.69) is 27.1 Å². The first kappa shape index (κ1) is 23.8. The van der Waals surface area contributed by atoms with Gasteiger partial charge in [0, 0.05) is 47.2 Å². The van der Waals surface area contributed by atoms with E-state index < -0.39 is 5.82 Å². The molecule has 3 aliphatic rings. The van der Waals surface area contributed by atoms with Gasteiger partial charge >= 0.3 is 6.01 Å². The van der Waals surface area contributed by atoms with Crippen molar-refractivity contribution in [2.45, 2.75) is 37.4 Å². The Morgan fingerprint density at radius 3 is 2.76 bits per heavy atom. The fourth-order valence-electron chi connectivity index (χ4n) is 6.19. The van der Waals surface area contributed by atoms with Crippen molar-refractivity contribution in [2.24, 2.45) is 0 Å². The molecule has 196 valence electrons. The first-order chi connectivity index (χ1) is 18.5. The number of hydrogen-bond donors (Lipinski definition) is 2. The van der Waals surface area contributed by atoms with Gasteiger partial charge in [-0.15, -0.1) is 0 Å². The van der Waals surface area contributed by atoms with Gasteiger partial charge < -0.3 is 25.0 Å². The van der Waals surface area contributed by atoms with E-state index in [0.29, 0.717) is 50.9 Å². The van der Waals surface area contributed by atoms with E-state index in [1.54, 1.807) is 18.2 Å². The molecule has 7 rings (SSSR count). The van der Waals surface area contributed by atoms with Crippen molar-refractivity contribution in [3.63, 3.8) is 0 Å². The van der Waals surface area contributed by atoms with Crippen LogP contribution in [0, 0.1) is 5.82 Å². The van der Waals surface area contributed by atoms with Gasteiger partial charge in [-0.2, -0.15) is 9.97 Å². The van der Waals surface area contributed by atoms with Crippen LogP contribution in [0.15, 0.2) is 36.4 Å². The van der Waals surface area contributed by atoms with Crippen LogP contribution in [-0.2, 0) is 0 Å². The SMILES string of the molecule is CN1CCC[C@H]1COc1nc(N2C3CNCC2C3)c2cc(F)c(-c3cc(O)cc4cccc(Cl)c34)nc2n1. The molecule has 2 aromatic heterocycles. The van der Waals surface area contributed by atoms with Crippen molar-refractivity contribution in [1.29, 1.82) is 0 Å². The molecule has 8 nitrogen and oxygen atoms in total. The van der Waals surface area contributed by atoms with Gasteiger partial charge in [0.05, 0.1) is 5.39 Å². The number of rotatable bonds is 5. The number of anilines is 1. The third-order valence-corrected chi connectivity index (χ3v) is 8.49. The molecule has 0 saturated carbocycles. The van der Waals surface area contributed by atoms with Gasteiger partial charge in [0.15, 0.2) is 5.65 Å². The minimum absolute atomic E-state index is 0.00468. The van der Waals surface area contributed by atoms with Crippen molar-refractivity contribution in [1.82, 2.24) is 25.2 Å². The highest BCUT2D eigenvalue weighted by Crippen LogP contribution is 2.41. The molecule has 2 unspecified atom stereocenters. The van der Waals surface area contributed by atoms with Crippen LogP contribution >= 0.6 is 11.6 Å². The highest BCUT2D eigenvalue weighted by molar-refractivity contribution is 6.36. The van der Waals surface area contributed by atoms with Gasteiger partial charge in [0.1, 0.15) is 29.7 Å². The molecular formula is C28H28ClFN6O2. The maximum Gasteiger partial charge on any atom is 0.320 e. The number of halogens is 2. The Balaban J connectivity index is 1.38. The molecule has 3 fully saturated rings. The summed E-state index contributed by atoms with van der Waals surface area (Å²) in [5.74, 6) is 0.133. The summed E-state index contributed by atoms with van der Waals surface area (Å²) in [6.07, 6.45) is 3.28. The summed E-state index contributed by atoms with van der Waals surface area (Å²) >= 11 is 6.53. The van der Waals surface area contributed by atoms with Crippen LogP contribution in [0.25, 0.3) is 33.1 Å². The lowest BCUT2D eigenvalue weighted by Gasteiger charge is -2.54. The van der Waals surface area contributed by atoms with Crippen LogP contribution in [0.2, 0.25) is 5.02 Å². The zero-order chi connectivity index (χ0) is 26.0. The van der Waals surface area contributed by atoms with Crippen LogP contribution in [0.4, 0.5) is 10.2 Å². The third kappa shape index (κ3) is 3.92. The molecule has 3 saturated heterocycles. The summed E-state index contributed by atoms with van der Waals surface area (Å²) in [4.78, 5) is 18.7. The summed E-state index contributed by atoms with van der Waals surface area (Å²) in [5, 5.41) is 16.2. The van der Waals surface area contributed by atoms with Crippen molar-refractivity contribution in [3.05, 3.63) is 47.2 Å². The molecule has 0 radical (unpaired) electrons. The van der Waals surface area contributed by atoms with Crippen LogP contribution in [0.1, 0.15) is 19.3 Å². The van der Waals surface area contributed by atoms with Gasteiger partial charge in [0.2, 0.25) is 0 Å². The monoisotopic (exact) mass is 534 g/mol. The number of likely N-dealkylation sites (N-methyl/N-ethyl adjacent to an activating group) is 1. The minimum Gasteiger partial charge on any atom is -0.508 e. The van der Waals surface area contributed by atoms with Crippen LogP contribution in [0.3, 0.4) is 0 Å². The standard InChI is InChI=1S/C28H28ClFN6O2/c1-35-7-3-5-16(35)14-38-28-33-26-21(27(34-28)36-17-9-18(36)13-31-12-17)11-23(30)25(32-26)20-10-19(37)8-15-4-2-6-22(29)24(15)20/h2,4,6,8,10-11,16-18,31,37H,3,5,7,9,12-14H2,1H3/t16-,17?,18?/m0/s1. The molecule has 4 aromatic rings. The number of piperidine rings is 1. The van der Waals surface area contributed by atoms with Crippen LogP contribution < -0.4 is 15.0 Å². The third-order valence-electron chi connectivity index (χ3n) is 8.18. The quantitative estimate of drug-likeness (QED) is 0.390. The van der Waals surface area contributed by atoms with Gasteiger partial charge in [-0.1, -0.05) is 23.7 Å². The van der Waals surface area contributed by atoms with Gasteiger partial charge in [-0.25, -0.2) is 9.37 Å². The zero-order valence-corrected chi connectivity index (χ0v) is 21.7. The number of piperazine rings is 1. The first-order valence-corrected chi connectivity index (χ1v) is 13.5. The lowest BCUT2D eigenvalue weighted by atomic mass is 9.88. The minimum atomic E-state index is -0.528. The van der Waals surface area contributed by atoms with E-state index in [9.17, 15) is 5.11 Å². The lowest BCUT2D eigenvalue weighted by molar-refractivity contribution is 0.187. The lowest BCUT2D eigenvalue weighted by Crippen LogP contribution is -2.68. The predicted molar refractivity (Wildman–Crippen MR) is 146 cm³/mol. The predicted octanol–water partition coefficient (Wildman–Crippen LogP) is 4.37. The second kappa shape index (κ2) is 9.18. The number of ether oxygens (including phenoxy) is 1. The average Bonchev–Trinajstić information content (AvgIpc) is 3.32. The average molecular weight is 535 g/mol. The van der Waals surface area contributed by atoms with Crippen LogP contribution in [-0.4, -0.2) is 76.4 Å². The summed E-state index contributed by atoms with van der Waals surface area (Å²) in [6.45, 7) is 3.24. The Labute approximate surface area is 224 Å². The molecule has 5 heterocycles. The molecule has 0 spiro atoms. The van der Waals surface area contributed by atoms with E-state index in [4.69, 9.17) is 26.3 Å². The van der Waals surface area contributed by atoms with E-state index in [1.165, 1.54) is 12.1 Å². The van der Waals surface area contributed by atoms with Crippen LogP contribution in [0.5, 0.6) is 11.8 Å². The van der Waals surface area contributed by atoms with Gasteiger partial charge in [0.25, 0.3) is 0 Å². The molecule has 2 bridgehead atoms. The highest BCUT2D eigenvalue weighted by Gasteiger charge is 2.43. The number of aromatic nitrogens is 3. The normalized spacial score (nSPS) is 23.2. The fourth-order valence-corrected chi connectivity index (χ4v) is 6.47. The number of benzene rings is 2. The van der Waals surface area contributed by atoms with Crippen molar-refractivity contribution >= 4 is 39.2 Å². The van der Waals surface area contributed by atoms with E-state index in [0.717, 1.165) is 38.9 Å². The van der Waals surface area contributed by atoms with Gasteiger partial charge in [-0.05, 0) is 62.5 Å². The van der Waals surface area contributed by atoms with Crippen molar-refractivity contribution in [3.8, 4) is 23.0 Å². The number of nitrogens with zero attached hydrogens (tertiary/aromatic N) is 5. The Hall–Kier alpha value is -3.27. The number of phenols is 1.